The molecular formula is C20H24N4O3S. The second-order valence-electron chi connectivity index (χ2n) is 7.34. The van der Waals surface area contributed by atoms with Crippen LogP contribution < -0.4 is 15.6 Å². The zero-order chi connectivity index (χ0) is 20.3. The van der Waals surface area contributed by atoms with Crippen molar-refractivity contribution in [3.8, 4) is 5.75 Å². The van der Waals surface area contributed by atoms with Crippen LogP contribution in [0.1, 0.15) is 50.7 Å². The van der Waals surface area contributed by atoms with Gasteiger partial charge in [-0.25, -0.2) is 4.98 Å². The molecule has 0 bridgehead atoms. The van der Waals surface area contributed by atoms with Crippen molar-refractivity contribution in [1.82, 2.24) is 14.6 Å². The lowest BCUT2D eigenvalue weighted by Gasteiger charge is -2.10. The molecule has 0 unspecified atom stereocenters. The molecule has 2 aromatic heterocycles. The summed E-state index contributed by atoms with van der Waals surface area (Å²) in [7, 11) is 0. The van der Waals surface area contributed by atoms with E-state index in [9.17, 15) is 9.59 Å². The van der Waals surface area contributed by atoms with Gasteiger partial charge in [0.2, 0.25) is 10.9 Å². The Morgan fingerprint density at radius 3 is 2.75 bits per heavy atom. The first-order valence-electron chi connectivity index (χ1n) is 9.24. The number of ether oxygens (including phenoxy) is 1. The quantitative estimate of drug-likeness (QED) is 0.651. The topological polar surface area (TPSA) is 85.6 Å². The van der Waals surface area contributed by atoms with Gasteiger partial charge in [0.25, 0.3) is 5.56 Å². The lowest BCUT2D eigenvalue weighted by Crippen LogP contribution is -2.16. The predicted octanol–water partition coefficient (Wildman–Crippen LogP) is 3.84. The number of carbonyl (C=O) groups is 1. The largest absolute Gasteiger partial charge is 0.487 e. The molecule has 1 amide bonds. The first-order valence-corrected chi connectivity index (χ1v) is 10.1. The molecule has 28 heavy (non-hydrogen) atoms. The van der Waals surface area contributed by atoms with Gasteiger partial charge in [0, 0.05) is 30.2 Å². The molecule has 0 radical (unpaired) electrons. The number of rotatable bonds is 7. The fourth-order valence-electron chi connectivity index (χ4n) is 2.58. The monoisotopic (exact) mass is 400 g/mol. The van der Waals surface area contributed by atoms with Crippen LogP contribution in [0, 0.1) is 5.92 Å². The summed E-state index contributed by atoms with van der Waals surface area (Å²) in [6, 6.07) is 8.61. The number of nitrogens with zero attached hydrogens (tertiary/aromatic N) is 3. The highest BCUT2D eigenvalue weighted by atomic mass is 32.1. The normalized spacial score (nSPS) is 11.4. The SMILES string of the molecule is CC(C)CC(=O)Nc1cccc(OCc2cc(=O)n3nc(C(C)C)sc3n2)c1. The molecule has 0 spiro atoms. The molecule has 0 atom stereocenters. The molecule has 8 heteroatoms. The van der Waals surface area contributed by atoms with Gasteiger partial charge in [0.05, 0.1) is 5.69 Å². The third-order valence-electron chi connectivity index (χ3n) is 3.91. The van der Waals surface area contributed by atoms with E-state index in [-0.39, 0.29) is 24.0 Å². The molecular weight excluding hydrogens is 376 g/mol. The number of hydrogen-bond acceptors (Lipinski definition) is 6. The van der Waals surface area contributed by atoms with Gasteiger partial charge >= 0.3 is 0 Å². The van der Waals surface area contributed by atoms with Crippen LogP contribution in [0.15, 0.2) is 35.1 Å². The first kappa shape index (κ1) is 20.0. The van der Waals surface area contributed by atoms with Crippen LogP contribution in [-0.4, -0.2) is 20.5 Å². The van der Waals surface area contributed by atoms with Gasteiger partial charge in [0.15, 0.2) is 0 Å². The van der Waals surface area contributed by atoms with Crippen LogP contribution in [0.5, 0.6) is 5.75 Å². The number of nitrogens with one attached hydrogen (secondary N) is 1. The summed E-state index contributed by atoms with van der Waals surface area (Å²) in [5.74, 6) is 1.09. The Morgan fingerprint density at radius 2 is 2.04 bits per heavy atom. The molecule has 0 aliphatic carbocycles. The molecule has 0 aliphatic heterocycles. The first-order chi connectivity index (χ1) is 13.3. The Balaban J connectivity index is 1.71. The summed E-state index contributed by atoms with van der Waals surface area (Å²) >= 11 is 1.41. The Kier molecular flexibility index (Phi) is 6.08. The van der Waals surface area contributed by atoms with Crippen molar-refractivity contribution in [2.75, 3.05) is 5.32 Å². The van der Waals surface area contributed by atoms with Gasteiger partial charge in [-0.1, -0.05) is 45.1 Å². The number of hydrogen-bond donors (Lipinski definition) is 1. The number of benzene rings is 1. The van der Waals surface area contributed by atoms with E-state index in [1.54, 1.807) is 12.1 Å². The van der Waals surface area contributed by atoms with E-state index in [1.807, 2.05) is 39.8 Å². The summed E-state index contributed by atoms with van der Waals surface area (Å²) < 4.78 is 7.10. The second-order valence-corrected chi connectivity index (χ2v) is 8.33. The van der Waals surface area contributed by atoms with Crippen LogP contribution >= 0.6 is 11.3 Å². The summed E-state index contributed by atoms with van der Waals surface area (Å²) in [6.07, 6.45) is 0.464. The number of anilines is 1. The smallest absolute Gasteiger partial charge is 0.275 e. The van der Waals surface area contributed by atoms with Crippen molar-refractivity contribution < 1.29 is 9.53 Å². The van der Waals surface area contributed by atoms with Gasteiger partial charge in [0.1, 0.15) is 17.4 Å². The lowest BCUT2D eigenvalue weighted by molar-refractivity contribution is -0.116. The van der Waals surface area contributed by atoms with E-state index in [2.05, 4.69) is 15.4 Å². The van der Waals surface area contributed by atoms with E-state index in [4.69, 9.17) is 4.74 Å². The molecule has 3 aromatic rings. The van der Waals surface area contributed by atoms with Gasteiger partial charge in [-0.2, -0.15) is 9.61 Å². The van der Waals surface area contributed by atoms with Crippen LogP contribution in [0.2, 0.25) is 0 Å². The third-order valence-corrected chi connectivity index (χ3v) is 5.11. The maximum atomic E-state index is 12.3. The van der Waals surface area contributed by atoms with Crippen LogP contribution in [0.3, 0.4) is 0 Å². The number of fused-ring (bicyclic) bond motifs is 1. The molecule has 1 aromatic carbocycles. The molecule has 3 rings (SSSR count). The van der Waals surface area contributed by atoms with Crippen LogP contribution in [0.25, 0.3) is 4.96 Å². The Labute approximate surface area is 167 Å². The van der Waals surface area contributed by atoms with E-state index in [0.29, 0.717) is 34.4 Å². The van der Waals surface area contributed by atoms with Crippen molar-refractivity contribution in [2.24, 2.45) is 5.92 Å². The van der Waals surface area contributed by atoms with Crippen LogP contribution in [0.4, 0.5) is 5.69 Å². The van der Waals surface area contributed by atoms with Crippen molar-refractivity contribution >= 4 is 27.9 Å². The molecule has 7 nitrogen and oxygen atoms in total. The Hall–Kier alpha value is -2.74. The summed E-state index contributed by atoms with van der Waals surface area (Å²) in [5.41, 5.74) is 0.996. The molecule has 0 fully saturated rings. The van der Waals surface area contributed by atoms with E-state index in [1.165, 1.54) is 21.9 Å². The zero-order valence-corrected chi connectivity index (χ0v) is 17.2. The maximum absolute atomic E-state index is 12.3. The fourth-order valence-corrected chi connectivity index (χ4v) is 3.51. The molecule has 148 valence electrons. The fraction of sp³-hybridized carbons (Fsp3) is 0.400. The van der Waals surface area contributed by atoms with Crippen molar-refractivity contribution in [3.05, 3.63) is 51.4 Å². The van der Waals surface area contributed by atoms with Gasteiger partial charge in [-0.15, -0.1) is 0 Å². The standard InChI is InChI=1S/C20H24N4O3S/c1-12(2)8-17(25)21-14-6-5-7-16(9-14)27-11-15-10-18(26)24-20(22-15)28-19(23-24)13(3)4/h5-7,9-10,12-13H,8,11H2,1-4H3,(H,21,25). The van der Waals surface area contributed by atoms with Gasteiger partial charge < -0.3 is 10.1 Å². The zero-order valence-electron chi connectivity index (χ0n) is 16.4. The maximum Gasteiger partial charge on any atom is 0.275 e. The highest BCUT2D eigenvalue weighted by molar-refractivity contribution is 7.16. The highest BCUT2D eigenvalue weighted by Crippen LogP contribution is 2.21. The summed E-state index contributed by atoms with van der Waals surface area (Å²) in [6.45, 7) is 8.21. The minimum Gasteiger partial charge on any atom is -0.487 e. The number of amides is 1. The molecule has 0 aliphatic rings. The second kappa shape index (κ2) is 8.52. The Bertz CT molecular complexity index is 1040. The lowest BCUT2D eigenvalue weighted by atomic mass is 10.1. The van der Waals surface area contributed by atoms with Gasteiger partial charge in [-0.05, 0) is 18.1 Å². The highest BCUT2D eigenvalue weighted by Gasteiger charge is 2.12. The van der Waals surface area contributed by atoms with E-state index in [0.717, 1.165) is 5.01 Å². The minimum atomic E-state index is -0.221. The molecule has 1 N–H and O–H groups in total. The average Bonchev–Trinajstić information content (AvgIpc) is 3.05. The molecule has 0 saturated heterocycles. The summed E-state index contributed by atoms with van der Waals surface area (Å²) in [4.78, 5) is 29.2. The number of aromatic nitrogens is 3. The third kappa shape index (κ3) is 4.95. The molecule has 0 saturated carbocycles. The molecule has 2 heterocycles. The minimum absolute atomic E-state index is 0.0292. The van der Waals surface area contributed by atoms with Crippen LogP contribution in [-0.2, 0) is 11.4 Å². The van der Waals surface area contributed by atoms with Crippen molar-refractivity contribution in [1.29, 1.82) is 0 Å². The van der Waals surface area contributed by atoms with Crippen molar-refractivity contribution in [3.63, 3.8) is 0 Å². The van der Waals surface area contributed by atoms with Crippen molar-refractivity contribution in [2.45, 2.75) is 46.6 Å². The number of carbonyl (C=O) groups excluding carboxylic acids is 1. The van der Waals surface area contributed by atoms with E-state index >= 15 is 0 Å². The Morgan fingerprint density at radius 1 is 1.25 bits per heavy atom. The van der Waals surface area contributed by atoms with E-state index < -0.39 is 0 Å². The average molecular weight is 401 g/mol. The predicted molar refractivity (Wildman–Crippen MR) is 110 cm³/mol. The summed E-state index contributed by atoms with van der Waals surface area (Å²) in [5, 5.41) is 8.04. The van der Waals surface area contributed by atoms with Gasteiger partial charge in [-0.3, -0.25) is 9.59 Å².